The number of aliphatic hydroxyl groups excluding tert-OH is 1. The third-order valence-electron chi connectivity index (χ3n) is 15.0. The molecule has 0 unspecified atom stereocenters. The van der Waals surface area contributed by atoms with E-state index in [2.05, 4.69) is 58.5 Å². The number of thioether (sulfide) groups is 2. The number of primary amides is 1. The summed E-state index contributed by atoms with van der Waals surface area (Å²) in [4.78, 5) is 220. The van der Waals surface area contributed by atoms with Crippen LogP contribution < -0.4 is 64.2 Å². The summed E-state index contributed by atoms with van der Waals surface area (Å²) in [6.07, 6.45) is -6.24. The Labute approximate surface area is 550 Å². The Bertz CT molecular complexity index is 2970. The molecule has 0 spiro atoms. The Morgan fingerprint density at radius 2 is 1.00 bits per heavy atom. The lowest BCUT2D eigenvalue weighted by Gasteiger charge is -2.32. The molecule has 520 valence electrons. The van der Waals surface area contributed by atoms with E-state index in [9.17, 15) is 97.1 Å². The van der Waals surface area contributed by atoms with Gasteiger partial charge in [0.05, 0.1) is 19.1 Å². The Morgan fingerprint density at radius 1 is 0.543 bits per heavy atom. The SMILES string of the molecule is CC(C)C[C@@H]1NC(=O)[C@@H]2CCCN2C(=O)[C@H](CC(C)C)NC(=O)[C@@H]2CSCc3cccc(c3)CSC[C@H](NC(=O)[C@H](CCC(N)=O)NC1=O)C(=O)N[C@@H](CC(=O)O)C(=O)N[C@@H](C)C(=O)N[C@@H](CCC(=O)O)C(=O)N[C@@H]([C@@H](C)O)C(=O)NCC(=O)N[C@@H](CCC(=O)O)C(=O)N2. The van der Waals surface area contributed by atoms with Crippen LogP contribution in [0.1, 0.15) is 123 Å². The minimum atomic E-state index is -2.01. The van der Waals surface area contributed by atoms with E-state index in [0.29, 0.717) is 17.5 Å². The predicted molar refractivity (Wildman–Crippen MR) is 337 cm³/mol. The predicted octanol–water partition coefficient (Wildman–Crippen LogP) is -3.90. The van der Waals surface area contributed by atoms with Crippen LogP contribution in [0.3, 0.4) is 0 Å². The van der Waals surface area contributed by atoms with Gasteiger partial charge in [0.2, 0.25) is 76.8 Å². The van der Waals surface area contributed by atoms with Crippen LogP contribution in [0.25, 0.3) is 0 Å². The number of fused-ring (bicyclic) bond motifs is 7. The summed E-state index contributed by atoms with van der Waals surface area (Å²) < 4.78 is 0. The quantitative estimate of drug-likeness (QED) is 0.0752. The molecule has 94 heavy (non-hydrogen) atoms. The zero-order valence-corrected chi connectivity index (χ0v) is 54.7. The standard InChI is InChI=1S/C59H87N13O20S2/c1-28(2)19-37-54(87)65-35(12-15-43(60)74)51(84)70-40-26-93-24-32-9-7-10-33(21-32)25-94-27-41(56(89)68-39(20-29(3)4)59(92)72-18-8-11-42(72)57(90)67-37)69-50(83)34(13-16-45(76)77)63-44(75)23-61-58(91)48(31(6)73)71-52(85)36(14-17-46(78)79)64-49(82)30(5)62-53(86)38(22-47(80)81)66-55(40)88/h7,9-10,21,28-31,34-42,48,73H,8,11-20,22-27H2,1-6H3,(H2,60,74)(H,61,91)(H,62,86)(H,63,75)(H,64,82)(H,65,87)(H,66,88)(H,67,90)(H,68,89)(H,69,83)(H,70,84)(H,71,85)(H,76,77)(H,78,79)(H,80,81)/t30-,31+,34-,35-,36-,37-,38-,39-,40-,41-,42-,48-/m0/s1. The van der Waals surface area contributed by atoms with Crippen LogP contribution >= 0.6 is 23.5 Å². The summed E-state index contributed by atoms with van der Waals surface area (Å²) in [6.45, 7) is 8.16. The Hall–Kier alpha value is -8.60. The van der Waals surface area contributed by atoms with E-state index in [-0.39, 0.29) is 60.7 Å². The number of carboxylic acid groups (broad SMARTS) is 3. The summed E-state index contributed by atoms with van der Waals surface area (Å²) in [5, 5.41) is 66.5. The number of nitrogens with two attached hydrogens (primary N) is 1. The van der Waals surface area contributed by atoms with Gasteiger partial charge < -0.3 is 89.5 Å². The molecular weight excluding hydrogens is 1270 g/mol. The molecule has 0 aliphatic carbocycles. The lowest BCUT2D eigenvalue weighted by molar-refractivity contribution is -0.143. The van der Waals surface area contributed by atoms with Gasteiger partial charge in [-0.05, 0) is 81.8 Å². The van der Waals surface area contributed by atoms with Crippen molar-refractivity contribution in [3.63, 3.8) is 0 Å². The first-order valence-corrected chi connectivity index (χ1v) is 33.0. The van der Waals surface area contributed by atoms with Crippen LogP contribution in [0.4, 0.5) is 0 Å². The van der Waals surface area contributed by atoms with Gasteiger partial charge in [-0.2, -0.15) is 23.5 Å². The largest absolute Gasteiger partial charge is 0.481 e. The van der Waals surface area contributed by atoms with Crippen molar-refractivity contribution in [3.8, 4) is 0 Å². The van der Waals surface area contributed by atoms with Gasteiger partial charge in [-0.25, -0.2) is 0 Å². The normalized spacial score (nSPS) is 26.5. The van der Waals surface area contributed by atoms with Crippen molar-refractivity contribution in [3.05, 3.63) is 35.4 Å². The van der Waals surface area contributed by atoms with Gasteiger partial charge in [0.1, 0.15) is 66.5 Å². The second-order valence-corrected chi connectivity index (χ2v) is 26.1. The molecule has 12 atom stereocenters. The monoisotopic (exact) mass is 1360 g/mol. The minimum Gasteiger partial charge on any atom is -0.481 e. The molecule has 13 amide bonds. The van der Waals surface area contributed by atoms with E-state index in [0.717, 1.165) is 37.4 Å². The molecule has 35 heteroatoms. The zero-order chi connectivity index (χ0) is 70.1. The van der Waals surface area contributed by atoms with Crippen molar-refractivity contribution in [2.75, 3.05) is 24.6 Å². The second-order valence-electron chi connectivity index (χ2n) is 24.0. The summed E-state index contributed by atoms with van der Waals surface area (Å²) in [7, 11) is 0. The summed E-state index contributed by atoms with van der Waals surface area (Å²) in [6, 6.07) is -11.2. The van der Waals surface area contributed by atoms with Crippen molar-refractivity contribution < 1.29 is 97.1 Å². The van der Waals surface area contributed by atoms with Gasteiger partial charge in [0, 0.05) is 48.8 Å². The van der Waals surface area contributed by atoms with Crippen LogP contribution in [0.15, 0.2) is 24.3 Å². The highest BCUT2D eigenvalue weighted by Gasteiger charge is 2.42. The maximum absolute atomic E-state index is 14.8. The Morgan fingerprint density at radius 3 is 1.51 bits per heavy atom. The third kappa shape index (κ3) is 26.1. The number of nitrogens with one attached hydrogen (secondary N) is 11. The maximum Gasteiger partial charge on any atom is 0.305 e. The molecule has 4 rings (SSSR count). The third-order valence-corrected chi connectivity index (χ3v) is 17.2. The first-order chi connectivity index (χ1) is 44.2. The van der Waals surface area contributed by atoms with Crippen molar-refractivity contribution in [2.24, 2.45) is 17.6 Å². The first kappa shape index (κ1) is 77.8. The fourth-order valence-electron chi connectivity index (χ4n) is 10.2. The number of aliphatic carboxylic acids is 3. The molecule has 3 heterocycles. The van der Waals surface area contributed by atoms with Gasteiger partial charge in [0.25, 0.3) is 0 Å². The van der Waals surface area contributed by atoms with Crippen LogP contribution in [-0.2, 0) is 88.2 Å². The molecule has 3 aliphatic rings. The Kier molecular flexibility index (Phi) is 31.4. The number of rotatable bonds is 16. The van der Waals surface area contributed by atoms with Gasteiger partial charge in [0.15, 0.2) is 0 Å². The van der Waals surface area contributed by atoms with Crippen LogP contribution in [0.5, 0.6) is 0 Å². The minimum absolute atomic E-state index is 0.00564. The average molecular weight is 1360 g/mol. The van der Waals surface area contributed by atoms with E-state index in [4.69, 9.17) is 5.73 Å². The molecule has 3 aliphatic heterocycles. The molecule has 1 aromatic carbocycles. The van der Waals surface area contributed by atoms with Gasteiger partial charge in [-0.15, -0.1) is 0 Å². The number of carbonyl (C=O) groups is 16. The zero-order valence-electron chi connectivity index (χ0n) is 53.1. The molecule has 4 bridgehead atoms. The lowest BCUT2D eigenvalue weighted by atomic mass is 10.0. The van der Waals surface area contributed by atoms with E-state index in [1.807, 2.05) is 0 Å². The maximum atomic E-state index is 14.8. The van der Waals surface area contributed by atoms with Crippen LogP contribution in [-0.4, -0.2) is 217 Å². The first-order valence-electron chi connectivity index (χ1n) is 30.7. The highest BCUT2D eigenvalue weighted by molar-refractivity contribution is 7.98. The molecule has 1 saturated heterocycles. The molecule has 33 nitrogen and oxygen atoms in total. The highest BCUT2D eigenvalue weighted by Crippen LogP contribution is 2.24. The molecule has 0 saturated carbocycles. The number of hydrogen-bond donors (Lipinski definition) is 16. The lowest BCUT2D eigenvalue weighted by Crippen LogP contribution is -2.61. The van der Waals surface area contributed by atoms with Crippen molar-refractivity contribution >= 4 is 118 Å². The molecule has 0 aromatic heterocycles. The second kappa shape index (κ2) is 37.9. The molecular formula is C59H87N13O20S2. The van der Waals surface area contributed by atoms with E-state index in [1.54, 1.807) is 52.0 Å². The van der Waals surface area contributed by atoms with Crippen molar-refractivity contribution in [2.45, 2.75) is 196 Å². The van der Waals surface area contributed by atoms with Crippen molar-refractivity contribution in [1.82, 2.24) is 63.4 Å². The average Bonchev–Trinajstić information content (AvgIpc) is 1.66. The Balaban J connectivity index is 1.96. The number of carboxylic acids is 3. The van der Waals surface area contributed by atoms with E-state index in [1.165, 1.54) is 4.90 Å². The molecule has 1 fully saturated rings. The topological polar surface area (TPSA) is 516 Å². The van der Waals surface area contributed by atoms with Gasteiger partial charge >= 0.3 is 17.9 Å². The smallest absolute Gasteiger partial charge is 0.305 e. The molecule has 1 aromatic rings. The number of benzene rings is 1. The van der Waals surface area contributed by atoms with Crippen LogP contribution in [0.2, 0.25) is 0 Å². The summed E-state index contributed by atoms with van der Waals surface area (Å²) in [5.74, 6) is -19.1. The molecule has 0 radical (unpaired) electrons. The highest BCUT2D eigenvalue weighted by atomic mass is 32.2. The van der Waals surface area contributed by atoms with E-state index >= 15 is 0 Å². The van der Waals surface area contributed by atoms with Crippen molar-refractivity contribution in [1.29, 1.82) is 0 Å². The summed E-state index contributed by atoms with van der Waals surface area (Å²) in [5.41, 5.74) is 6.79. The fourth-order valence-corrected chi connectivity index (χ4v) is 12.2. The fraction of sp³-hybridized carbons (Fsp3) is 0.627. The number of aliphatic hydroxyl groups is 1. The number of nitrogens with zero attached hydrogens (tertiary/aromatic N) is 1. The number of carbonyl (C=O) groups excluding carboxylic acids is 13. The molecule has 17 N–H and O–H groups in total. The van der Waals surface area contributed by atoms with Crippen LogP contribution in [0, 0.1) is 11.8 Å². The summed E-state index contributed by atoms with van der Waals surface area (Å²) >= 11 is 2.19. The van der Waals surface area contributed by atoms with Gasteiger partial charge in [-0.1, -0.05) is 52.0 Å². The number of hydrogen-bond acceptors (Lipinski definition) is 19. The van der Waals surface area contributed by atoms with Gasteiger partial charge in [-0.3, -0.25) is 76.7 Å². The number of amides is 13. The van der Waals surface area contributed by atoms with E-state index < -0.39 is 219 Å².